The summed E-state index contributed by atoms with van der Waals surface area (Å²) in [5.41, 5.74) is -0.686. The predicted octanol–water partition coefficient (Wildman–Crippen LogP) is 6.69. The smallest absolute Gasteiger partial charge is 0.417 e. The van der Waals surface area contributed by atoms with E-state index in [0.29, 0.717) is 23.6 Å². The summed E-state index contributed by atoms with van der Waals surface area (Å²) >= 11 is 0. The van der Waals surface area contributed by atoms with Crippen molar-refractivity contribution in [3.63, 3.8) is 0 Å². The van der Waals surface area contributed by atoms with Crippen LogP contribution in [0.3, 0.4) is 0 Å². The number of halogens is 4. The minimum atomic E-state index is -4.88. The van der Waals surface area contributed by atoms with E-state index in [0.717, 1.165) is 17.7 Å². The van der Waals surface area contributed by atoms with Gasteiger partial charge in [0.15, 0.2) is 0 Å². The zero-order chi connectivity index (χ0) is 29.7. The normalized spacial score (nSPS) is 13.6. The molecule has 0 radical (unpaired) electrons. The lowest BCUT2D eigenvalue weighted by atomic mass is 9.94. The number of carbonyl (C=O) groups is 1. The summed E-state index contributed by atoms with van der Waals surface area (Å²) in [7, 11) is 0. The summed E-state index contributed by atoms with van der Waals surface area (Å²) in [5, 5.41) is 22.9. The van der Waals surface area contributed by atoms with Crippen molar-refractivity contribution in [1.29, 1.82) is 0 Å². The molecule has 3 N–H and O–H groups in total. The van der Waals surface area contributed by atoms with Gasteiger partial charge >= 0.3 is 12.1 Å². The first kappa shape index (κ1) is 31.1. The van der Waals surface area contributed by atoms with Crippen LogP contribution in [0.2, 0.25) is 0 Å². The first-order valence-electron chi connectivity index (χ1n) is 12.7. The van der Waals surface area contributed by atoms with Crippen LogP contribution in [0.25, 0.3) is 0 Å². The van der Waals surface area contributed by atoms with Crippen LogP contribution in [0.5, 0.6) is 11.5 Å². The molecule has 3 rings (SSSR count). The van der Waals surface area contributed by atoms with Crippen LogP contribution in [-0.2, 0) is 17.3 Å². The zero-order valence-corrected chi connectivity index (χ0v) is 22.7. The van der Waals surface area contributed by atoms with Gasteiger partial charge < -0.3 is 25.0 Å². The molecule has 0 aromatic heterocycles. The average molecular weight is 564 g/mol. The van der Waals surface area contributed by atoms with Crippen LogP contribution < -0.4 is 10.1 Å². The number of aromatic carboxylic acids is 1. The Bertz CT molecular complexity index is 1330. The van der Waals surface area contributed by atoms with E-state index >= 15 is 0 Å². The molecule has 0 aliphatic rings. The van der Waals surface area contributed by atoms with E-state index in [1.807, 2.05) is 19.9 Å². The molecule has 0 aliphatic heterocycles. The number of carboxylic acid groups (broad SMARTS) is 1. The van der Waals surface area contributed by atoms with Crippen molar-refractivity contribution in [3.8, 4) is 11.5 Å². The molecular formula is C30H33F4NO5. The number of hydrogen-bond donors (Lipinski definition) is 3. The van der Waals surface area contributed by atoms with Gasteiger partial charge in [-0.15, -0.1) is 0 Å². The molecule has 0 fully saturated rings. The molecule has 0 saturated carbocycles. The number of aliphatic hydroxyl groups is 1. The fraction of sp³-hybridized carbons (Fsp3) is 0.367. The lowest BCUT2D eigenvalue weighted by molar-refractivity contribution is -0.138. The standard InChI is InChI=1S/C30H33F4NO5/c1-18-9-10-20(13-26(18)31)15-29(3,4)35-16-21(36)17-39-19(2)23-7-5-6-8-27(23)40-22-11-12-24(28(37)38)25(14-22)30(32,33)34/h5-14,19,21,35-36H,15-17H2,1-4H3,(H,37,38)/t19-,21-/m1/s1. The van der Waals surface area contributed by atoms with Crippen molar-refractivity contribution in [3.05, 3.63) is 94.3 Å². The minimum Gasteiger partial charge on any atom is -0.478 e. The monoisotopic (exact) mass is 563 g/mol. The highest BCUT2D eigenvalue weighted by Crippen LogP contribution is 2.37. The first-order valence-corrected chi connectivity index (χ1v) is 12.7. The molecule has 0 unspecified atom stereocenters. The van der Waals surface area contributed by atoms with E-state index in [1.54, 1.807) is 44.2 Å². The molecule has 3 aromatic carbocycles. The number of alkyl halides is 3. The maximum Gasteiger partial charge on any atom is 0.417 e. The number of aryl methyl sites for hydroxylation is 1. The topological polar surface area (TPSA) is 88.0 Å². The van der Waals surface area contributed by atoms with Crippen LogP contribution in [0.4, 0.5) is 17.6 Å². The molecule has 216 valence electrons. The fourth-order valence-electron chi connectivity index (χ4n) is 4.16. The van der Waals surface area contributed by atoms with Gasteiger partial charge in [0.25, 0.3) is 0 Å². The summed E-state index contributed by atoms with van der Waals surface area (Å²) in [4.78, 5) is 11.2. The first-order chi connectivity index (χ1) is 18.7. The van der Waals surface area contributed by atoms with Crippen molar-refractivity contribution in [2.45, 2.75) is 58.0 Å². The summed E-state index contributed by atoms with van der Waals surface area (Å²) < 4.78 is 65.6. The van der Waals surface area contributed by atoms with E-state index < -0.39 is 41.0 Å². The van der Waals surface area contributed by atoms with Crippen molar-refractivity contribution < 1.29 is 42.0 Å². The van der Waals surface area contributed by atoms with E-state index in [9.17, 15) is 27.5 Å². The molecule has 40 heavy (non-hydrogen) atoms. The number of rotatable bonds is 12. The summed E-state index contributed by atoms with van der Waals surface area (Å²) in [6.07, 6.45) is -5.79. The molecule has 0 saturated heterocycles. The van der Waals surface area contributed by atoms with Gasteiger partial charge in [-0.3, -0.25) is 0 Å². The Kier molecular flexibility index (Phi) is 9.94. The number of para-hydroxylation sites is 1. The Morgan fingerprint density at radius 2 is 1.75 bits per heavy atom. The second kappa shape index (κ2) is 12.8. The van der Waals surface area contributed by atoms with E-state index in [-0.39, 0.29) is 30.5 Å². The van der Waals surface area contributed by atoms with Crippen LogP contribution in [0, 0.1) is 12.7 Å². The summed E-state index contributed by atoms with van der Waals surface area (Å²) in [6, 6.07) is 14.4. The number of hydrogen-bond acceptors (Lipinski definition) is 5. The number of aliphatic hydroxyl groups excluding tert-OH is 1. The summed E-state index contributed by atoms with van der Waals surface area (Å²) in [5.74, 6) is -1.91. The molecular weight excluding hydrogens is 530 g/mol. The Labute approximate surface area is 230 Å². The quantitative estimate of drug-likeness (QED) is 0.213. The molecule has 0 amide bonds. The highest BCUT2D eigenvalue weighted by Gasteiger charge is 2.36. The van der Waals surface area contributed by atoms with Gasteiger partial charge in [-0.2, -0.15) is 13.2 Å². The predicted molar refractivity (Wildman–Crippen MR) is 142 cm³/mol. The molecule has 0 bridgehead atoms. The Morgan fingerprint density at radius 3 is 2.40 bits per heavy atom. The molecule has 3 aromatic rings. The van der Waals surface area contributed by atoms with Crippen LogP contribution in [0.15, 0.2) is 60.7 Å². The van der Waals surface area contributed by atoms with Gasteiger partial charge in [-0.25, -0.2) is 9.18 Å². The van der Waals surface area contributed by atoms with Crippen molar-refractivity contribution >= 4 is 5.97 Å². The highest BCUT2D eigenvalue weighted by atomic mass is 19.4. The Balaban J connectivity index is 1.61. The lowest BCUT2D eigenvalue weighted by Gasteiger charge is -2.28. The maximum absolute atomic E-state index is 13.9. The fourth-order valence-corrected chi connectivity index (χ4v) is 4.16. The van der Waals surface area contributed by atoms with E-state index in [1.165, 1.54) is 6.07 Å². The highest BCUT2D eigenvalue weighted by molar-refractivity contribution is 5.89. The zero-order valence-electron chi connectivity index (χ0n) is 22.7. The Hall–Kier alpha value is -3.47. The molecule has 10 heteroatoms. The number of nitrogens with one attached hydrogen (secondary N) is 1. The van der Waals surface area contributed by atoms with Crippen LogP contribution in [-0.4, -0.2) is 41.0 Å². The van der Waals surface area contributed by atoms with Crippen molar-refractivity contribution in [2.75, 3.05) is 13.2 Å². The molecule has 2 atom stereocenters. The van der Waals surface area contributed by atoms with E-state index in [2.05, 4.69) is 5.32 Å². The molecule has 6 nitrogen and oxygen atoms in total. The van der Waals surface area contributed by atoms with Crippen LogP contribution >= 0.6 is 0 Å². The lowest BCUT2D eigenvalue weighted by Crippen LogP contribution is -2.46. The Morgan fingerprint density at radius 1 is 1.05 bits per heavy atom. The molecule has 0 aliphatic carbocycles. The third-order valence-corrected chi connectivity index (χ3v) is 6.35. The minimum absolute atomic E-state index is 0.0384. The van der Waals surface area contributed by atoms with Crippen molar-refractivity contribution in [1.82, 2.24) is 5.32 Å². The third kappa shape index (κ3) is 8.51. The average Bonchev–Trinajstić information content (AvgIpc) is 2.88. The van der Waals surface area contributed by atoms with Gasteiger partial charge in [0.2, 0.25) is 0 Å². The van der Waals surface area contributed by atoms with Gasteiger partial charge in [-0.05, 0) is 75.6 Å². The number of β-amino-alcohol motifs (C(OH)–C–C–N with tert-alkyl or cyclic N) is 1. The maximum atomic E-state index is 13.9. The van der Waals surface area contributed by atoms with Crippen molar-refractivity contribution in [2.24, 2.45) is 0 Å². The van der Waals surface area contributed by atoms with E-state index in [4.69, 9.17) is 14.6 Å². The van der Waals surface area contributed by atoms with Gasteiger partial charge in [0, 0.05) is 17.6 Å². The van der Waals surface area contributed by atoms with Gasteiger partial charge in [-0.1, -0.05) is 30.3 Å². The summed E-state index contributed by atoms with van der Waals surface area (Å²) in [6.45, 7) is 7.48. The van der Waals surface area contributed by atoms with Gasteiger partial charge in [0.05, 0.1) is 29.9 Å². The second-order valence-electron chi connectivity index (χ2n) is 10.3. The number of benzene rings is 3. The van der Waals surface area contributed by atoms with Crippen LogP contribution in [0.1, 0.15) is 59.5 Å². The van der Waals surface area contributed by atoms with Gasteiger partial charge in [0.1, 0.15) is 17.3 Å². The molecule has 0 spiro atoms. The second-order valence-corrected chi connectivity index (χ2v) is 10.3. The largest absolute Gasteiger partial charge is 0.478 e. The number of carboxylic acids is 1. The third-order valence-electron chi connectivity index (χ3n) is 6.35. The number of ether oxygens (including phenoxy) is 2. The molecule has 0 heterocycles. The SMILES string of the molecule is Cc1ccc(CC(C)(C)NC[C@@H](O)CO[C@H](C)c2ccccc2Oc2ccc(C(=O)O)c(C(F)(F)F)c2)cc1F.